The molecule has 18 heavy (non-hydrogen) atoms. The highest BCUT2D eigenvalue weighted by Crippen LogP contribution is 2.30. The second-order valence-electron chi connectivity index (χ2n) is 5.84. The smallest absolute Gasteiger partial charge is 0.227 e. The molecule has 0 bridgehead atoms. The Morgan fingerprint density at radius 2 is 2.06 bits per heavy atom. The minimum absolute atomic E-state index is 0.208. The van der Waals surface area contributed by atoms with Gasteiger partial charge in [-0.05, 0) is 32.2 Å². The van der Waals surface area contributed by atoms with E-state index in [4.69, 9.17) is 4.74 Å². The summed E-state index contributed by atoms with van der Waals surface area (Å²) in [5, 5.41) is 3.35. The highest BCUT2D eigenvalue weighted by atomic mass is 16.5. The number of piperidine rings is 1. The molecule has 3 fully saturated rings. The van der Waals surface area contributed by atoms with Gasteiger partial charge in [0.25, 0.3) is 0 Å². The van der Waals surface area contributed by atoms with E-state index in [1.165, 1.54) is 12.8 Å². The lowest BCUT2D eigenvalue weighted by atomic mass is 9.88. The summed E-state index contributed by atoms with van der Waals surface area (Å²) in [7, 11) is 0. The van der Waals surface area contributed by atoms with E-state index in [2.05, 4.69) is 10.2 Å². The summed E-state index contributed by atoms with van der Waals surface area (Å²) >= 11 is 0. The van der Waals surface area contributed by atoms with Crippen LogP contribution in [0.3, 0.4) is 0 Å². The fraction of sp³-hybridized carbons (Fsp3) is 0.929. The van der Waals surface area contributed by atoms with E-state index in [0.717, 1.165) is 51.9 Å². The van der Waals surface area contributed by atoms with E-state index in [1.54, 1.807) is 0 Å². The second-order valence-corrected chi connectivity index (χ2v) is 5.84. The van der Waals surface area contributed by atoms with Crippen LogP contribution in [0.4, 0.5) is 0 Å². The molecule has 3 atom stereocenters. The molecule has 2 aliphatic heterocycles. The summed E-state index contributed by atoms with van der Waals surface area (Å²) in [6.45, 7) is 3.47. The predicted molar refractivity (Wildman–Crippen MR) is 69.3 cm³/mol. The summed E-state index contributed by atoms with van der Waals surface area (Å²) in [6.07, 6.45) is 7.28. The van der Waals surface area contributed by atoms with Crippen LogP contribution in [0.1, 0.15) is 38.5 Å². The Balaban J connectivity index is 1.67. The summed E-state index contributed by atoms with van der Waals surface area (Å²) in [5.41, 5.74) is 0. The van der Waals surface area contributed by atoms with Gasteiger partial charge in [0.2, 0.25) is 5.91 Å². The van der Waals surface area contributed by atoms with Gasteiger partial charge in [-0.1, -0.05) is 12.8 Å². The van der Waals surface area contributed by atoms with E-state index < -0.39 is 0 Å². The number of carbonyl (C=O) groups is 1. The van der Waals surface area contributed by atoms with Crippen LogP contribution in [0.15, 0.2) is 0 Å². The number of ether oxygens (including phenoxy) is 1. The molecule has 2 saturated heterocycles. The average molecular weight is 252 g/mol. The molecule has 3 rings (SSSR count). The average Bonchev–Trinajstić information content (AvgIpc) is 2.47. The first-order chi connectivity index (χ1) is 8.86. The van der Waals surface area contributed by atoms with Gasteiger partial charge in [0.1, 0.15) is 0 Å². The van der Waals surface area contributed by atoms with E-state index in [0.29, 0.717) is 18.1 Å². The van der Waals surface area contributed by atoms with Crippen LogP contribution < -0.4 is 5.32 Å². The van der Waals surface area contributed by atoms with Crippen molar-refractivity contribution in [3.63, 3.8) is 0 Å². The Morgan fingerprint density at radius 1 is 1.17 bits per heavy atom. The zero-order valence-corrected chi connectivity index (χ0v) is 11.1. The minimum atomic E-state index is 0.208. The SMILES string of the molecule is O=C([C@@H]1CCCNC1)N1CCOC2CCCCC21. The molecule has 1 aliphatic carbocycles. The quantitative estimate of drug-likeness (QED) is 0.761. The molecule has 4 nitrogen and oxygen atoms in total. The van der Waals surface area contributed by atoms with Crippen LogP contribution >= 0.6 is 0 Å². The van der Waals surface area contributed by atoms with E-state index in [9.17, 15) is 4.79 Å². The van der Waals surface area contributed by atoms with Crippen LogP contribution in [0.2, 0.25) is 0 Å². The highest BCUT2D eigenvalue weighted by molar-refractivity contribution is 5.79. The molecule has 0 spiro atoms. The third-order valence-corrected chi connectivity index (χ3v) is 4.66. The number of nitrogens with zero attached hydrogens (tertiary/aromatic N) is 1. The zero-order valence-electron chi connectivity index (χ0n) is 11.1. The number of rotatable bonds is 1. The molecule has 3 aliphatic rings. The molecule has 4 heteroatoms. The number of carbonyl (C=O) groups excluding carboxylic acids is 1. The number of nitrogens with one attached hydrogen (secondary N) is 1. The Labute approximate surface area is 109 Å². The van der Waals surface area contributed by atoms with Crippen molar-refractivity contribution >= 4 is 5.91 Å². The van der Waals surface area contributed by atoms with Crippen molar-refractivity contribution < 1.29 is 9.53 Å². The molecule has 0 aromatic carbocycles. The van der Waals surface area contributed by atoms with Crippen LogP contribution in [0.5, 0.6) is 0 Å². The number of hydrogen-bond donors (Lipinski definition) is 1. The monoisotopic (exact) mass is 252 g/mol. The molecule has 2 heterocycles. The van der Waals surface area contributed by atoms with Gasteiger partial charge in [0.15, 0.2) is 0 Å². The standard InChI is InChI=1S/C14H24N2O2/c17-14(11-4-3-7-15-10-11)16-8-9-18-13-6-2-1-5-12(13)16/h11-13,15H,1-10H2/t11-,12?,13?/m1/s1. The van der Waals surface area contributed by atoms with Gasteiger partial charge in [-0.15, -0.1) is 0 Å². The van der Waals surface area contributed by atoms with E-state index >= 15 is 0 Å². The topological polar surface area (TPSA) is 41.6 Å². The first-order valence-corrected chi connectivity index (χ1v) is 7.49. The minimum Gasteiger partial charge on any atom is -0.374 e. The van der Waals surface area contributed by atoms with Gasteiger partial charge in [-0.3, -0.25) is 4.79 Å². The lowest BCUT2D eigenvalue weighted by Crippen LogP contribution is -2.57. The Hall–Kier alpha value is -0.610. The molecular formula is C14H24N2O2. The molecule has 1 N–H and O–H groups in total. The predicted octanol–water partition coefficient (Wildman–Crippen LogP) is 1.16. The highest BCUT2D eigenvalue weighted by Gasteiger charge is 2.38. The fourth-order valence-electron chi connectivity index (χ4n) is 3.67. The van der Waals surface area contributed by atoms with Crippen molar-refractivity contribution in [1.29, 1.82) is 0 Å². The van der Waals surface area contributed by atoms with Crippen molar-refractivity contribution in [3.05, 3.63) is 0 Å². The summed E-state index contributed by atoms with van der Waals surface area (Å²) < 4.78 is 5.84. The lowest BCUT2D eigenvalue weighted by molar-refractivity contribution is -0.154. The van der Waals surface area contributed by atoms with E-state index in [1.807, 2.05) is 0 Å². The van der Waals surface area contributed by atoms with Gasteiger partial charge in [0.05, 0.1) is 24.7 Å². The maximum Gasteiger partial charge on any atom is 0.227 e. The van der Waals surface area contributed by atoms with E-state index in [-0.39, 0.29) is 5.92 Å². The Bertz CT molecular complexity index is 300. The van der Waals surface area contributed by atoms with Crippen molar-refractivity contribution in [1.82, 2.24) is 10.2 Å². The molecule has 1 amide bonds. The number of hydrogen-bond acceptors (Lipinski definition) is 3. The molecular weight excluding hydrogens is 228 g/mol. The number of amides is 1. The van der Waals surface area contributed by atoms with Gasteiger partial charge in [-0.2, -0.15) is 0 Å². The molecule has 0 aromatic heterocycles. The summed E-state index contributed by atoms with van der Waals surface area (Å²) in [4.78, 5) is 14.8. The third kappa shape index (κ3) is 2.41. The zero-order chi connectivity index (χ0) is 12.4. The first kappa shape index (κ1) is 12.4. The van der Waals surface area contributed by atoms with Gasteiger partial charge >= 0.3 is 0 Å². The molecule has 102 valence electrons. The largest absolute Gasteiger partial charge is 0.374 e. The first-order valence-electron chi connectivity index (χ1n) is 7.49. The van der Waals surface area contributed by atoms with Crippen molar-refractivity contribution in [2.75, 3.05) is 26.2 Å². The van der Waals surface area contributed by atoms with Crippen LogP contribution in [-0.2, 0) is 9.53 Å². The van der Waals surface area contributed by atoms with Gasteiger partial charge < -0.3 is 15.0 Å². The van der Waals surface area contributed by atoms with Crippen LogP contribution in [-0.4, -0.2) is 49.2 Å². The Morgan fingerprint density at radius 3 is 2.89 bits per heavy atom. The van der Waals surface area contributed by atoms with Gasteiger partial charge in [-0.25, -0.2) is 0 Å². The summed E-state index contributed by atoms with van der Waals surface area (Å²) in [6, 6.07) is 0.363. The maximum absolute atomic E-state index is 12.6. The summed E-state index contributed by atoms with van der Waals surface area (Å²) in [5.74, 6) is 0.585. The van der Waals surface area contributed by atoms with Crippen LogP contribution in [0, 0.1) is 5.92 Å². The molecule has 0 radical (unpaired) electrons. The second kappa shape index (κ2) is 5.57. The number of morpholine rings is 1. The van der Waals surface area contributed by atoms with Crippen molar-refractivity contribution in [3.8, 4) is 0 Å². The lowest BCUT2D eigenvalue weighted by Gasteiger charge is -2.45. The third-order valence-electron chi connectivity index (χ3n) is 4.66. The van der Waals surface area contributed by atoms with Crippen molar-refractivity contribution in [2.45, 2.75) is 50.7 Å². The van der Waals surface area contributed by atoms with Crippen LogP contribution in [0.25, 0.3) is 0 Å². The van der Waals surface area contributed by atoms with Crippen molar-refractivity contribution in [2.24, 2.45) is 5.92 Å². The Kier molecular flexibility index (Phi) is 3.85. The maximum atomic E-state index is 12.6. The molecule has 1 saturated carbocycles. The molecule has 0 aromatic rings. The number of fused-ring (bicyclic) bond motifs is 1. The van der Waals surface area contributed by atoms with Gasteiger partial charge in [0, 0.05) is 13.1 Å². The fourth-order valence-corrected chi connectivity index (χ4v) is 3.67. The normalized spacial score (nSPS) is 37.1. The molecule has 2 unspecified atom stereocenters.